The number of nitrogens with zero attached hydrogens (tertiary/aromatic N) is 2. The normalized spacial score (nSPS) is 35.0. The maximum atomic E-state index is 17.2. The van der Waals surface area contributed by atoms with Crippen LogP contribution in [0.5, 0.6) is 0 Å². The summed E-state index contributed by atoms with van der Waals surface area (Å²) in [7, 11) is 1.56. The number of rotatable bonds is 5. The summed E-state index contributed by atoms with van der Waals surface area (Å²) in [6.45, 7) is 12.7. The Labute approximate surface area is 323 Å². The fourth-order valence-electron chi connectivity index (χ4n) is 8.44. The summed E-state index contributed by atoms with van der Waals surface area (Å²) in [6.07, 6.45) is 10.0. The third-order valence-electron chi connectivity index (χ3n) is 11.2. The molecule has 4 heterocycles. The van der Waals surface area contributed by atoms with E-state index in [4.69, 9.17) is 23.9 Å². The Balaban J connectivity index is 1.41. The Bertz CT molecular complexity index is 1820. The molecule has 298 valence electrons. The molecule has 3 amide bonds. The van der Waals surface area contributed by atoms with E-state index in [0.717, 1.165) is 12.8 Å². The Hall–Kier alpha value is -4.60. The van der Waals surface area contributed by atoms with Gasteiger partial charge in [0.25, 0.3) is 0 Å². The van der Waals surface area contributed by atoms with Gasteiger partial charge in [-0.25, -0.2) is 14.0 Å². The van der Waals surface area contributed by atoms with Gasteiger partial charge in [0.2, 0.25) is 17.4 Å². The minimum Gasteiger partial charge on any atom is -0.497 e. The summed E-state index contributed by atoms with van der Waals surface area (Å²) in [5.74, 6) is 3.62. The van der Waals surface area contributed by atoms with Crippen molar-refractivity contribution in [1.82, 2.24) is 15.5 Å². The van der Waals surface area contributed by atoms with Crippen molar-refractivity contribution in [2.24, 2.45) is 22.7 Å². The molecule has 1 fully saturated rings. The molecule has 12 nitrogen and oxygen atoms in total. The van der Waals surface area contributed by atoms with Gasteiger partial charge in [-0.05, 0) is 72.0 Å². The lowest BCUT2D eigenvalue weighted by molar-refractivity contribution is -0.153. The van der Waals surface area contributed by atoms with Crippen molar-refractivity contribution in [2.45, 2.75) is 134 Å². The van der Waals surface area contributed by atoms with E-state index < -0.39 is 76.2 Å². The number of hydrogen-bond acceptors (Lipinski definition) is 9. The molecule has 55 heavy (non-hydrogen) atoms. The number of methoxy groups -OCH3 is 1. The number of hydrogen-bond donors (Lipinski definition) is 2. The monoisotopic (exact) mass is 762 g/mol. The average Bonchev–Trinajstić information content (AvgIpc) is 3.46. The van der Waals surface area contributed by atoms with Gasteiger partial charge in [0.15, 0.2) is 0 Å². The molecule has 2 N–H and O–H groups in total. The summed E-state index contributed by atoms with van der Waals surface area (Å²) in [4.78, 5) is 62.6. The molecule has 6 aliphatic rings. The number of ether oxygens (including phenoxy) is 4. The fraction of sp³-hybridized carbons (Fsp3) is 0.643. The second-order valence-corrected chi connectivity index (χ2v) is 16.9. The molecule has 2 aliphatic carbocycles. The van der Waals surface area contributed by atoms with Crippen LogP contribution < -0.4 is 10.6 Å². The number of allylic oxidation sites excluding steroid dienone is 3. The van der Waals surface area contributed by atoms with Gasteiger partial charge in [-0.1, -0.05) is 56.8 Å². The highest BCUT2D eigenvalue weighted by Gasteiger charge is 2.60. The van der Waals surface area contributed by atoms with E-state index in [0.29, 0.717) is 35.6 Å². The van der Waals surface area contributed by atoms with Crippen LogP contribution in [0.15, 0.2) is 52.5 Å². The number of carbonyl (C=O) groups excluding carboxylic acids is 4. The summed E-state index contributed by atoms with van der Waals surface area (Å²) >= 11 is 0. The van der Waals surface area contributed by atoms with Crippen LogP contribution >= 0.6 is 0 Å². The fourth-order valence-corrected chi connectivity index (χ4v) is 8.44. The van der Waals surface area contributed by atoms with Gasteiger partial charge in [0.05, 0.1) is 37.4 Å². The van der Waals surface area contributed by atoms with Crippen molar-refractivity contribution in [2.75, 3.05) is 20.3 Å². The number of dihydropyridines is 1. The van der Waals surface area contributed by atoms with E-state index in [1.807, 2.05) is 51.2 Å². The zero-order valence-electron chi connectivity index (χ0n) is 33.3. The Morgan fingerprint density at radius 1 is 1.20 bits per heavy atom. The maximum Gasteiger partial charge on any atom is 0.408 e. The van der Waals surface area contributed by atoms with E-state index in [1.165, 1.54) is 4.90 Å². The van der Waals surface area contributed by atoms with E-state index in [-0.39, 0.29) is 38.3 Å². The van der Waals surface area contributed by atoms with Gasteiger partial charge in [0, 0.05) is 24.3 Å². The quantitative estimate of drug-likeness (QED) is 0.216. The topological polar surface area (TPSA) is 145 Å². The highest BCUT2D eigenvalue weighted by Crippen LogP contribution is 2.51. The summed E-state index contributed by atoms with van der Waals surface area (Å²) in [5.41, 5.74) is -3.55. The average molecular weight is 763 g/mol. The molecule has 2 unspecified atom stereocenters. The number of amides is 3. The number of aliphatic imine (C=N–C) groups is 1. The van der Waals surface area contributed by atoms with Crippen molar-refractivity contribution in [3.05, 3.63) is 47.5 Å². The van der Waals surface area contributed by atoms with Crippen molar-refractivity contribution >= 4 is 29.6 Å². The summed E-state index contributed by atoms with van der Waals surface area (Å²) in [5, 5.41) is 5.64. The van der Waals surface area contributed by atoms with Crippen LogP contribution in [-0.2, 0) is 33.3 Å². The van der Waals surface area contributed by atoms with Gasteiger partial charge in [-0.2, -0.15) is 0 Å². The molecule has 0 aromatic carbocycles. The molecule has 0 aromatic rings. The number of alkyl carbamates (subject to hydrolysis) is 1. The molecule has 6 rings (SSSR count). The lowest BCUT2D eigenvalue weighted by Crippen LogP contribution is -2.65. The first-order valence-electron chi connectivity index (χ1n) is 19.6. The van der Waals surface area contributed by atoms with Gasteiger partial charge in [-0.15, -0.1) is 0 Å². The van der Waals surface area contributed by atoms with Crippen LogP contribution in [0, 0.1) is 29.6 Å². The van der Waals surface area contributed by atoms with Crippen molar-refractivity contribution in [3.8, 4) is 11.8 Å². The van der Waals surface area contributed by atoms with E-state index in [1.54, 1.807) is 34.8 Å². The standard InChI is InChI=1S/C42H55FN4O8/c1-9-53-37(50)42-20-17-26(42)15-13-11-10-12-14-16-30(44-38(51)55-39(4,5)6)36(49)47-24-41(23-31(47)35(48)46-42)22-29(43)32-28-21-27(52-8)18-19-40(28,7)45-33(25(2)3)34(32)54-41/h13,15,18-19,21,25-26,28-31H,9-12,14,16,22-24H2,1-8H3,(H,44,51)(H,46,48)/b15-13-/t26-,28?,29+,30+,31+,40?,41-,42-/m1/s1. The van der Waals surface area contributed by atoms with Gasteiger partial charge in [0.1, 0.15) is 41.0 Å². The SMILES string of the molecule is CCOC(=O)[C@@]12C#C[C@H]1/C=C\CCCCC[C@H](NC(=O)OC(C)(C)C)C(=O)N1C[C@@]3(C[C@H](F)C4=C(O3)C(C(C)C)=NC3(C)C=CC(OC)=CC43)C[C@H]1C(=O)N2. The zero-order valence-corrected chi connectivity index (χ0v) is 33.3. The molecule has 0 saturated carbocycles. The van der Waals surface area contributed by atoms with E-state index >= 15 is 4.39 Å². The van der Waals surface area contributed by atoms with Crippen molar-refractivity contribution in [1.29, 1.82) is 0 Å². The van der Waals surface area contributed by atoms with Crippen LogP contribution in [0.4, 0.5) is 9.18 Å². The highest BCUT2D eigenvalue weighted by molar-refractivity contribution is 6.03. The Morgan fingerprint density at radius 3 is 2.62 bits per heavy atom. The first-order valence-corrected chi connectivity index (χ1v) is 19.6. The number of halogens is 1. The molecule has 0 bridgehead atoms. The predicted octanol–water partition coefficient (Wildman–Crippen LogP) is 5.39. The van der Waals surface area contributed by atoms with Gasteiger partial charge in [-0.3, -0.25) is 14.6 Å². The first kappa shape index (κ1) is 40.1. The Morgan fingerprint density at radius 2 is 1.96 bits per heavy atom. The van der Waals surface area contributed by atoms with Crippen LogP contribution in [0.3, 0.4) is 0 Å². The molecular weight excluding hydrogens is 707 g/mol. The van der Waals surface area contributed by atoms with Crippen LogP contribution in [0.25, 0.3) is 0 Å². The van der Waals surface area contributed by atoms with Crippen molar-refractivity contribution in [3.63, 3.8) is 0 Å². The summed E-state index contributed by atoms with van der Waals surface area (Å²) in [6, 6.07) is -2.26. The van der Waals surface area contributed by atoms with Crippen LogP contribution in [0.2, 0.25) is 0 Å². The molecule has 4 aliphatic heterocycles. The lowest BCUT2D eigenvalue weighted by Gasteiger charge is -2.47. The minimum atomic E-state index is -1.67. The highest BCUT2D eigenvalue weighted by atomic mass is 19.1. The molecule has 0 radical (unpaired) electrons. The van der Waals surface area contributed by atoms with Crippen LogP contribution in [-0.4, -0.2) is 95.3 Å². The second kappa shape index (κ2) is 15.1. The number of carbonyl (C=O) groups is 4. The van der Waals surface area contributed by atoms with Gasteiger partial charge >= 0.3 is 12.1 Å². The third kappa shape index (κ3) is 7.79. The molecule has 1 saturated heterocycles. The lowest BCUT2D eigenvalue weighted by atomic mass is 9.70. The van der Waals surface area contributed by atoms with E-state index in [9.17, 15) is 19.2 Å². The largest absolute Gasteiger partial charge is 0.497 e. The number of nitrogens with one attached hydrogen (secondary N) is 2. The minimum absolute atomic E-state index is 0.0730. The molecule has 1 spiro atoms. The predicted molar refractivity (Wildman–Crippen MR) is 203 cm³/mol. The number of alkyl halides is 1. The van der Waals surface area contributed by atoms with Crippen LogP contribution in [0.1, 0.15) is 93.4 Å². The zero-order chi connectivity index (χ0) is 39.9. The smallest absolute Gasteiger partial charge is 0.408 e. The van der Waals surface area contributed by atoms with E-state index in [2.05, 4.69) is 22.5 Å². The van der Waals surface area contributed by atoms with Gasteiger partial charge < -0.3 is 34.5 Å². The molecule has 0 aromatic heterocycles. The molecule has 8 atom stereocenters. The first-order chi connectivity index (χ1) is 25.9. The maximum absolute atomic E-state index is 17.2. The summed E-state index contributed by atoms with van der Waals surface area (Å²) < 4.78 is 40.6. The molecular formula is C42H55FN4O8. The second-order valence-electron chi connectivity index (χ2n) is 16.9. The van der Waals surface area contributed by atoms with Crippen molar-refractivity contribution < 1.29 is 42.5 Å². The molecule has 13 heteroatoms. The number of fused-ring (bicyclic) bond motifs is 4. The Kier molecular flexibility index (Phi) is 11.0. The third-order valence-corrected chi connectivity index (χ3v) is 11.2. The number of esters is 1.